The molecule has 1 unspecified atom stereocenters. The normalized spacial score (nSPS) is 12.2. The number of phenols is 1. The van der Waals surface area contributed by atoms with Crippen LogP contribution in [0.4, 0.5) is 0 Å². The molecular weight excluding hydrogens is 424 g/mol. The average Bonchev–Trinajstić information content (AvgIpc) is 2.72. The molecule has 2 aromatic rings. The molecule has 2 aromatic carbocycles. The number of rotatable bonds is 8. The number of nitrogens with two attached hydrogens (primary N) is 1. The van der Waals surface area contributed by atoms with Crippen molar-refractivity contribution in [2.24, 2.45) is 11.1 Å². The Morgan fingerprint density at radius 3 is 2.34 bits per heavy atom. The number of hydrogen-bond acceptors (Lipinski definition) is 5. The first-order chi connectivity index (χ1) is 14.9. The quantitative estimate of drug-likeness (QED) is 0.451. The van der Waals surface area contributed by atoms with Crippen LogP contribution in [0.25, 0.3) is 0 Å². The van der Waals surface area contributed by atoms with Gasteiger partial charge in [-0.3, -0.25) is 4.79 Å². The Bertz CT molecular complexity index is 969. The van der Waals surface area contributed by atoms with Crippen molar-refractivity contribution in [3.8, 4) is 11.5 Å². The number of ether oxygens (including phenoxy) is 2. The summed E-state index contributed by atoms with van der Waals surface area (Å²) in [5.41, 5.74) is 9.89. The smallest absolute Gasteiger partial charge is 0.311 e. The highest BCUT2D eigenvalue weighted by Gasteiger charge is 2.27. The van der Waals surface area contributed by atoms with Crippen molar-refractivity contribution >= 4 is 23.3 Å². The van der Waals surface area contributed by atoms with Crippen molar-refractivity contribution in [3.63, 3.8) is 0 Å². The summed E-state index contributed by atoms with van der Waals surface area (Å²) in [5.74, 6) is 0.149. The van der Waals surface area contributed by atoms with E-state index < -0.39 is 5.41 Å². The van der Waals surface area contributed by atoms with E-state index in [0.717, 1.165) is 11.1 Å². The van der Waals surface area contributed by atoms with Gasteiger partial charge in [-0.15, -0.1) is 0 Å². The molecule has 0 fully saturated rings. The number of methoxy groups -OCH3 is 1. The van der Waals surface area contributed by atoms with Gasteiger partial charge in [-0.1, -0.05) is 24.3 Å². The van der Waals surface area contributed by atoms with Crippen molar-refractivity contribution in [1.29, 1.82) is 0 Å². The molecule has 0 spiro atoms. The number of nitrogens with zero attached hydrogens (tertiary/aromatic N) is 1. The monoisotopic (exact) mass is 458 g/mol. The van der Waals surface area contributed by atoms with Crippen molar-refractivity contribution in [2.75, 3.05) is 13.7 Å². The summed E-state index contributed by atoms with van der Waals surface area (Å²) in [4.78, 5) is 14.3. The van der Waals surface area contributed by atoms with Crippen LogP contribution in [0, 0.1) is 19.3 Å². The molecule has 0 amide bonds. The maximum absolute atomic E-state index is 12.4. The third-order valence-corrected chi connectivity index (χ3v) is 5.62. The lowest BCUT2D eigenvalue weighted by Gasteiger charge is -2.33. The second-order valence-corrected chi connectivity index (χ2v) is 9.52. The number of aromatic hydroxyl groups is 1. The fraction of sp³-hybridized carbons (Fsp3) is 0.440. The standard InChI is InChI=1S/C25H34N2O4S/c1-16-7-8-18(11-17(16)2)12-20(15-31-23(29)25(3,4)5)27(24(26)32)14-19-9-10-21(28)22(13-19)30-6/h7-11,13,20,28H,12,14-15H2,1-6H3,(H2,26,32). The molecule has 174 valence electrons. The van der Waals surface area contributed by atoms with Crippen LogP contribution in [-0.4, -0.2) is 40.8 Å². The van der Waals surface area contributed by atoms with Gasteiger partial charge in [0, 0.05) is 6.54 Å². The van der Waals surface area contributed by atoms with Crippen LogP contribution in [0.3, 0.4) is 0 Å². The van der Waals surface area contributed by atoms with E-state index in [9.17, 15) is 9.90 Å². The van der Waals surface area contributed by atoms with E-state index in [1.807, 2.05) is 25.7 Å². The van der Waals surface area contributed by atoms with Crippen molar-refractivity contribution in [2.45, 2.75) is 53.6 Å². The number of carbonyl (C=O) groups excluding carboxylic acids is 1. The zero-order chi connectivity index (χ0) is 24.1. The highest BCUT2D eigenvalue weighted by atomic mass is 32.1. The molecule has 0 bridgehead atoms. The summed E-state index contributed by atoms with van der Waals surface area (Å²) < 4.78 is 10.9. The Morgan fingerprint density at radius 1 is 1.12 bits per heavy atom. The van der Waals surface area contributed by atoms with Crippen LogP contribution in [-0.2, 0) is 22.5 Å². The minimum absolute atomic E-state index is 0.0592. The number of hydrogen-bond donors (Lipinski definition) is 2. The lowest BCUT2D eigenvalue weighted by Crippen LogP contribution is -2.47. The van der Waals surface area contributed by atoms with Crippen molar-refractivity contribution in [3.05, 3.63) is 58.7 Å². The van der Waals surface area contributed by atoms with Crippen molar-refractivity contribution in [1.82, 2.24) is 4.90 Å². The average molecular weight is 459 g/mol. The largest absolute Gasteiger partial charge is 0.504 e. The zero-order valence-corrected chi connectivity index (χ0v) is 20.6. The maximum atomic E-state index is 12.4. The fourth-order valence-electron chi connectivity index (χ4n) is 3.25. The van der Waals surface area contributed by atoms with Crippen LogP contribution in [0.1, 0.15) is 43.0 Å². The minimum Gasteiger partial charge on any atom is -0.504 e. The Kier molecular flexibility index (Phi) is 8.50. The lowest BCUT2D eigenvalue weighted by molar-refractivity contribution is -0.154. The molecule has 0 aliphatic rings. The van der Waals surface area contributed by atoms with E-state index >= 15 is 0 Å². The molecule has 0 saturated carbocycles. The van der Waals surface area contributed by atoms with Crippen LogP contribution in [0.2, 0.25) is 0 Å². The Labute approximate surface area is 196 Å². The number of aryl methyl sites for hydroxylation is 2. The van der Waals surface area contributed by atoms with Gasteiger partial charge < -0.3 is 25.2 Å². The number of phenolic OH excluding ortho intramolecular Hbond substituents is 1. The first kappa shape index (κ1) is 25.5. The number of esters is 1. The molecule has 1 atom stereocenters. The van der Waals surface area contributed by atoms with E-state index in [-0.39, 0.29) is 29.5 Å². The van der Waals surface area contributed by atoms with E-state index in [4.69, 9.17) is 27.4 Å². The van der Waals surface area contributed by atoms with E-state index in [1.54, 1.807) is 18.2 Å². The SMILES string of the molecule is COc1cc(CN(C(N)=S)C(COC(=O)C(C)(C)C)Cc2ccc(C)c(C)c2)ccc1O. The van der Waals surface area contributed by atoms with E-state index in [0.29, 0.717) is 18.7 Å². The summed E-state index contributed by atoms with van der Waals surface area (Å²) in [6.45, 7) is 10.1. The lowest BCUT2D eigenvalue weighted by atomic mass is 9.97. The molecular formula is C25H34N2O4S. The maximum Gasteiger partial charge on any atom is 0.311 e. The molecule has 0 aliphatic heterocycles. The minimum atomic E-state index is -0.608. The predicted molar refractivity (Wildman–Crippen MR) is 131 cm³/mol. The zero-order valence-electron chi connectivity index (χ0n) is 19.8. The van der Waals surface area contributed by atoms with Crippen LogP contribution < -0.4 is 10.5 Å². The number of thiocarbonyl (C=S) groups is 1. The first-order valence-corrected chi connectivity index (χ1v) is 11.0. The van der Waals surface area contributed by atoms with Gasteiger partial charge in [0.15, 0.2) is 16.6 Å². The molecule has 0 aromatic heterocycles. The molecule has 32 heavy (non-hydrogen) atoms. The summed E-state index contributed by atoms with van der Waals surface area (Å²) in [6.07, 6.45) is 0.602. The summed E-state index contributed by atoms with van der Waals surface area (Å²) in [6, 6.07) is 11.1. The molecule has 0 heterocycles. The Hall–Kier alpha value is -2.80. The predicted octanol–water partition coefficient (Wildman–Crippen LogP) is 4.26. The molecule has 0 aliphatic carbocycles. The second-order valence-electron chi connectivity index (χ2n) is 9.10. The molecule has 3 N–H and O–H groups in total. The van der Waals surface area contributed by atoms with E-state index in [2.05, 4.69) is 32.0 Å². The summed E-state index contributed by atoms with van der Waals surface area (Å²) in [7, 11) is 1.50. The highest BCUT2D eigenvalue weighted by molar-refractivity contribution is 7.80. The van der Waals surface area contributed by atoms with Gasteiger partial charge >= 0.3 is 5.97 Å². The van der Waals surface area contributed by atoms with Gasteiger partial charge in [0.25, 0.3) is 0 Å². The van der Waals surface area contributed by atoms with Crippen molar-refractivity contribution < 1.29 is 19.4 Å². The van der Waals surface area contributed by atoms with E-state index in [1.165, 1.54) is 18.2 Å². The highest BCUT2D eigenvalue weighted by Crippen LogP contribution is 2.27. The topological polar surface area (TPSA) is 85.0 Å². The van der Waals surface area contributed by atoms with Gasteiger partial charge in [-0.2, -0.15) is 0 Å². The van der Waals surface area contributed by atoms with Crippen LogP contribution >= 0.6 is 12.2 Å². The Morgan fingerprint density at radius 2 is 1.78 bits per heavy atom. The Balaban J connectivity index is 2.34. The molecule has 2 rings (SSSR count). The van der Waals surface area contributed by atoms with Gasteiger partial charge in [0.2, 0.25) is 0 Å². The van der Waals surface area contributed by atoms with Gasteiger partial charge in [0.05, 0.1) is 18.6 Å². The number of benzene rings is 2. The van der Waals surface area contributed by atoms with Gasteiger partial charge in [-0.05, 0) is 87.6 Å². The molecule has 0 saturated heterocycles. The summed E-state index contributed by atoms with van der Waals surface area (Å²) in [5, 5.41) is 10.1. The second kappa shape index (κ2) is 10.7. The molecule has 0 radical (unpaired) electrons. The molecule has 7 heteroatoms. The van der Waals surface area contributed by atoms with Crippen LogP contribution in [0.15, 0.2) is 36.4 Å². The first-order valence-electron chi connectivity index (χ1n) is 10.6. The summed E-state index contributed by atoms with van der Waals surface area (Å²) >= 11 is 5.38. The van der Waals surface area contributed by atoms with Gasteiger partial charge in [0.1, 0.15) is 6.61 Å². The number of carbonyl (C=O) groups is 1. The van der Waals surface area contributed by atoms with Crippen LogP contribution in [0.5, 0.6) is 11.5 Å². The third kappa shape index (κ3) is 6.85. The molecule has 6 nitrogen and oxygen atoms in total. The van der Waals surface area contributed by atoms with Gasteiger partial charge in [-0.25, -0.2) is 0 Å². The third-order valence-electron chi connectivity index (χ3n) is 5.38. The fourth-order valence-corrected chi connectivity index (χ4v) is 3.47.